The van der Waals surface area contributed by atoms with Crippen molar-refractivity contribution in [2.24, 2.45) is 0 Å². The molecule has 1 fully saturated rings. The second-order valence-electron chi connectivity index (χ2n) is 11.3. The highest BCUT2D eigenvalue weighted by molar-refractivity contribution is 5.76. The second kappa shape index (κ2) is 9.59. The number of aryl methyl sites for hydroxylation is 1. The van der Waals surface area contributed by atoms with Crippen molar-refractivity contribution in [3.8, 4) is 0 Å². The Kier molecular flexibility index (Phi) is 7.34. The van der Waals surface area contributed by atoms with E-state index in [9.17, 15) is 18.0 Å². The average molecular weight is 476 g/mol. The Morgan fingerprint density at radius 1 is 1.00 bits per heavy atom. The molecule has 186 valence electrons. The summed E-state index contributed by atoms with van der Waals surface area (Å²) in [5, 5.41) is 3.09. The van der Waals surface area contributed by atoms with Crippen molar-refractivity contribution in [2.45, 2.75) is 83.9 Å². The van der Waals surface area contributed by atoms with Crippen LogP contribution in [0.15, 0.2) is 36.5 Å². The van der Waals surface area contributed by atoms with Crippen LogP contribution in [0.1, 0.15) is 76.6 Å². The molecule has 0 aliphatic carbocycles. The van der Waals surface area contributed by atoms with Gasteiger partial charge in [0.2, 0.25) is 5.91 Å². The fraction of sp³-hybridized carbons (Fsp3) is 0.556. The largest absolute Gasteiger partial charge is 0.417 e. The molecule has 1 aromatic carbocycles. The summed E-state index contributed by atoms with van der Waals surface area (Å²) >= 11 is 0. The number of rotatable bonds is 5. The zero-order valence-electron chi connectivity index (χ0n) is 21.0. The number of benzene rings is 1. The Morgan fingerprint density at radius 3 is 2.12 bits per heavy atom. The van der Waals surface area contributed by atoms with Gasteiger partial charge in [0, 0.05) is 31.7 Å². The number of hydrogen-bond acceptors (Lipinski definition) is 3. The maximum Gasteiger partial charge on any atom is 0.417 e. The van der Waals surface area contributed by atoms with E-state index in [4.69, 9.17) is 0 Å². The lowest BCUT2D eigenvalue weighted by atomic mass is 9.79. The minimum atomic E-state index is -4.40. The van der Waals surface area contributed by atoms with Crippen LogP contribution in [0.5, 0.6) is 0 Å². The van der Waals surface area contributed by atoms with Crippen molar-refractivity contribution in [1.29, 1.82) is 0 Å². The molecule has 1 saturated heterocycles. The van der Waals surface area contributed by atoms with E-state index in [0.29, 0.717) is 31.7 Å². The molecule has 0 bridgehead atoms. The summed E-state index contributed by atoms with van der Waals surface area (Å²) in [6.45, 7) is 14.4. The number of aromatic nitrogens is 1. The number of nitrogens with zero attached hydrogens (tertiary/aromatic N) is 2. The van der Waals surface area contributed by atoms with E-state index in [1.165, 1.54) is 17.2 Å². The van der Waals surface area contributed by atoms with Gasteiger partial charge >= 0.3 is 6.18 Å². The van der Waals surface area contributed by atoms with E-state index in [0.717, 1.165) is 24.2 Å². The van der Waals surface area contributed by atoms with Gasteiger partial charge in [0.05, 0.1) is 5.56 Å². The lowest BCUT2D eigenvalue weighted by molar-refractivity contribution is -0.137. The van der Waals surface area contributed by atoms with Crippen molar-refractivity contribution in [3.05, 3.63) is 58.8 Å². The Hall–Kier alpha value is -2.57. The Balaban J connectivity index is 1.58. The molecule has 1 unspecified atom stereocenters. The fourth-order valence-corrected chi connectivity index (χ4v) is 4.09. The quantitative estimate of drug-likeness (QED) is 0.575. The van der Waals surface area contributed by atoms with Crippen molar-refractivity contribution in [1.82, 2.24) is 10.3 Å². The van der Waals surface area contributed by atoms with Gasteiger partial charge < -0.3 is 10.2 Å². The summed E-state index contributed by atoms with van der Waals surface area (Å²) < 4.78 is 38.3. The van der Waals surface area contributed by atoms with Gasteiger partial charge in [0.15, 0.2) is 0 Å². The van der Waals surface area contributed by atoms with Crippen molar-refractivity contribution < 1.29 is 18.0 Å². The van der Waals surface area contributed by atoms with Gasteiger partial charge in [-0.2, -0.15) is 13.2 Å². The number of anilines is 1. The van der Waals surface area contributed by atoms with Crippen molar-refractivity contribution in [3.63, 3.8) is 0 Å². The normalized spacial score (nSPS) is 17.2. The number of alkyl halides is 3. The minimum Gasteiger partial charge on any atom is -0.354 e. The highest BCUT2D eigenvalue weighted by Crippen LogP contribution is 2.31. The Bertz CT molecular complexity index is 970. The number of pyridine rings is 1. The zero-order valence-corrected chi connectivity index (χ0v) is 21.0. The lowest BCUT2D eigenvalue weighted by Crippen LogP contribution is -2.37. The van der Waals surface area contributed by atoms with E-state index in [-0.39, 0.29) is 22.8 Å². The van der Waals surface area contributed by atoms with Crippen LogP contribution >= 0.6 is 0 Å². The van der Waals surface area contributed by atoms with E-state index in [1.807, 2.05) is 4.90 Å². The standard InChI is InChI=1S/C27H36F3N3O/c1-25(2,3)20-13-18(14-21(15-20)26(4,5)6)7-10-24(34)32-22-11-12-33(17-22)23-9-8-19(16-31-23)27(28,29)30/h8-9,13-16,22H,7,10-12,17H2,1-6H3,(H,32,34). The Morgan fingerprint density at radius 2 is 1.62 bits per heavy atom. The van der Waals surface area contributed by atoms with Crippen LogP contribution in [0.25, 0.3) is 0 Å². The van der Waals surface area contributed by atoms with Crippen LogP contribution in [0, 0.1) is 0 Å². The molecular weight excluding hydrogens is 439 g/mol. The monoisotopic (exact) mass is 475 g/mol. The van der Waals surface area contributed by atoms with E-state index >= 15 is 0 Å². The molecule has 2 aromatic rings. The molecule has 1 N–H and O–H groups in total. The maximum absolute atomic E-state index is 12.8. The summed E-state index contributed by atoms with van der Waals surface area (Å²) in [6.07, 6.45) is -1.74. The SMILES string of the molecule is CC(C)(C)c1cc(CCC(=O)NC2CCN(c3ccc(C(F)(F)F)cn3)C2)cc(C(C)(C)C)c1. The van der Waals surface area contributed by atoms with Gasteiger partial charge in [0.1, 0.15) is 5.82 Å². The van der Waals surface area contributed by atoms with Crippen LogP contribution in [-0.2, 0) is 28.2 Å². The average Bonchev–Trinajstić information content (AvgIpc) is 3.18. The van der Waals surface area contributed by atoms with Crippen LogP contribution in [0.2, 0.25) is 0 Å². The topological polar surface area (TPSA) is 45.2 Å². The summed E-state index contributed by atoms with van der Waals surface area (Å²) in [7, 11) is 0. The van der Waals surface area contributed by atoms with Gasteiger partial charge in [-0.25, -0.2) is 4.98 Å². The maximum atomic E-state index is 12.8. The summed E-state index contributed by atoms with van der Waals surface area (Å²) in [5.41, 5.74) is 2.99. The first-order chi connectivity index (χ1) is 15.6. The first-order valence-corrected chi connectivity index (χ1v) is 11.9. The first kappa shape index (κ1) is 26.0. The summed E-state index contributed by atoms with van der Waals surface area (Å²) in [5.74, 6) is 0.490. The lowest BCUT2D eigenvalue weighted by Gasteiger charge is -2.26. The van der Waals surface area contributed by atoms with Crippen LogP contribution < -0.4 is 10.2 Å². The number of nitrogens with one attached hydrogen (secondary N) is 1. The fourth-order valence-electron chi connectivity index (χ4n) is 4.09. The molecule has 1 aliphatic rings. The molecule has 0 spiro atoms. The zero-order chi connectivity index (χ0) is 25.3. The summed E-state index contributed by atoms with van der Waals surface area (Å²) in [4.78, 5) is 18.5. The van der Waals surface area contributed by atoms with Gasteiger partial charge in [0.25, 0.3) is 0 Å². The molecular formula is C27H36F3N3O. The van der Waals surface area contributed by atoms with Crippen LogP contribution in [0.3, 0.4) is 0 Å². The molecule has 34 heavy (non-hydrogen) atoms. The van der Waals surface area contributed by atoms with Gasteiger partial charge in [-0.05, 0) is 52.5 Å². The minimum absolute atomic E-state index is 0.00861. The second-order valence-corrected chi connectivity index (χ2v) is 11.3. The number of halogens is 3. The predicted molar refractivity (Wildman–Crippen MR) is 130 cm³/mol. The number of amides is 1. The molecule has 1 amide bonds. The van der Waals surface area contributed by atoms with E-state index in [1.54, 1.807) is 0 Å². The molecule has 1 atom stereocenters. The van der Waals surface area contributed by atoms with Crippen LogP contribution in [-0.4, -0.2) is 30.0 Å². The third kappa shape index (κ3) is 6.73. The van der Waals surface area contributed by atoms with Gasteiger partial charge in [-0.15, -0.1) is 0 Å². The third-order valence-electron chi connectivity index (χ3n) is 6.32. The number of carbonyl (C=O) groups is 1. The van der Waals surface area contributed by atoms with E-state index < -0.39 is 11.7 Å². The Labute approximate surface area is 201 Å². The number of hydrogen-bond donors (Lipinski definition) is 1. The third-order valence-corrected chi connectivity index (χ3v) is 6.32. The van der Waals surface area contributed by atoms with Crippen molar-refractivity contribution >= 4 is 11.7 Å². The molecule has 0 saturated carbocycles. The number of carbonyl (C=O) groups excluding carboxylic acids is 1. The smallest absolute Gasteiger partial charge is 0.354 e. The van der Waals surface area contributed by atoms with Gasteiger partial charge in [-0.1, -0.05) is 59.7 Å². The molecule has 1 aliphatic heterocycles. The highest BCUT2D eigenvalue weighted by atomic mass is 19.4. The molecule has 4 nitrogen and oxygen atoms in total. The molecule has 1 aromatic heterocycles. The summed E-state index contributed by atoms with van der Waals surface area (Å²) in [6, 6.07) is 9.08. The predicted octanol–water partition coefficient (Wildman–Crippen LogP) is 6.02. The molecule has 0 radical (unpaired) electrons. The van der Waals surface area contributed by atoms with Crippen molar-refractivity contribution in [2.75, 3.05) is 18.0 Å². The van der Waals surface area contributed by atoms with Crippen LogP contribution in [0.4, 0.5) is 19.0 Å². The van der Waals surface area contributed by atoms with E-state index in [2.05, 4.69) is 70.0 Å². The molecule has 7 heteroatoms. The molecule has 3 rings (SSSR count). The highest BCUT2D eigenvalue weighted by Gasteiger charge is 2.31. The first-order valence-electron chi connectivity index (χ1n) is 11.9. The van der Waals surface area contributed by atoms with Gasteiger partial charge in [-0.3, -0.25) is 4.79 Å². The molecule has 2 heterocycles.